The van der Waals surface area contributed by atoms with E-state index in [0.29, 0.717) is 6.54 Å². The molecule has 2 rings (SSSR count). The van der Waals surface area contributed by atoms with Crippen LogP contribution in [0.2, 0.25) is 0 Å². The molecule has 1 atom stereocenters. The molecule has 0 bridgehead atoms. The smallest absolute Gasteiger partial charge is 0.381 e. The molecule has 0 aliphatic carbocycles. The van der Waals surface area contributed by atoms with Crippen molar-refractivity contribution in [2.24, 2.45) is 0 Å². The van der Waals surface area contributed by atoms with E-state index in [1.165, 1.54) is 0 Å². The highest BCUT2D eigenvalue weighted by molar-refractivity contribution is 5.48. The van der Waals surface area contributed by atoms with Crippen LogP contribution in [-0.2, 0) is 6.18 Å². The Balaban J connectivity index is 2.02. The molecule has 106 valence electrons. The Bertz CT molecular complexity index is 425. The second-order valence-corrected chi connectivity index (χ2v) is 4.72. The molecule has 1 saturated heterocycles. The molecule has 19 heavy (non-hydrogen) atoms. The van der Waals surface area contributed by atoms with Crippen molar-refractivity contribution in [1.29, 1.82) is 0 Å². The van der Waals surface area contributed by atoms with Gasteiger partial charge in [0.15, 0.2) is 0 Å². The molecular weight excluding hydrogens is 260 g/mol. The second kappa shape index (κ2) is 5.77. The zero-order chi connectivity index (χ0) is 13.9. The van der Waals surface area contributed by atoms with Gasteiger partial charge in [0.1, 0.15) is 5.82 Å². The minimum absolute atomic E-state index is 0.0952. The summed E-state index contributed by atoms with van der Waals surface area (Å²) in [6.45, 7) is 1.33. The minimum Gasteiger partial charge on any atom is -0.381 e. The lowest BCUT2D eigenvalue weighted by atomic mass is 10.0. The zero-order valence-electron chi connectivity index (χ0n) is 10.4. The van der Waals surface area contributed by atoms with E-state index >= 15 is 0 Å². The van der Waals surface area contributed by atoms with Gasteiger partial charge in [-0.3, -0.25) is 0 Å². The average molecular weight is 276 g/mol. The van der Waals surface area contributed by atoms with Gasteiger partial charge in [-0.05, 0) is 37.6 Å². The predicted molar refractivity (Wildman–Crippen MR) is 65.5 cm³/mol. The van der Waals surface area contributed by atoms with Crippen LogP contribution in [-0.4, -0.2) is 19.1 Å². The first-order chi connectivity index (χ1) is 8.97. The molecule has 0 radical (unpaired) electrons. The Morgan fingerprint density at radius 1 is 1.26 bits per heavy atom. The van der Waals surface area contributed by atoms with E-state index in [-0.39, 0.29) is 11.7 Å². The largest absolute Gasteiger partial charge is 0.416 e. The minimum atomic E-state index is -4.45. The lowest BCUT2D eigenvalue weighted by molar-refractivity contribution is -0.137. The normalized spacial score (nSPS) is 20.3. The van der Waals surface area contributed by atoms with Crippen LogP contribution in [0.4, 0.5) is 23.2 Å². The fourth-order valence-corrected chi connectivity index (χ4v) is 2.17. The fourth-order valence-electron chi connectivity index (χ4n) is 2.17. The van der Waals surface area contributed by atoms with Gasteiger partial charge in [-0.1, -0.05) is 6.42 Å². The molecule has 2 nitrogen and oxygen atoms in total. The molecule has 1 aliphatic heterocycles. The van der Waals surface area contributed by atoms with Gasteiger partial charge in [-0.2, -0.15) is 13.2 Å². The third-order valence-electron chi connectivity index (χ3n) is 3.24. The maximum atomic E-state index is 13.5. The molecule has 0 amide bonds. The highest BCUT2D eigenvalue weighted by Gasteiger charge is 2.31. The molecule has 0 spiro atoms. The Morgan fingerprint density at radius 2 is 2.05 bits per heavy atom. The number of hydrogen-bond acceptors (Lipinski definition) is 2. The number of benzene rings is 1. The maximum Gasteiger partial charge on any atom is 0.416 e. The van der Waals surface area contributed by atoms with Gasteiger partial charge in [-0.15, -0.1) is 0 Å². The standard InChI is InChI=1S/C13H16F4N2/c14-11-5-4-9(13(15,16)17)7-12(11)19-8-10-3-1-2-6-18-10/h4-5,7,10,18-19H,1-3,6,8H2. The van der Waals surface area contributed by atoms with E-state index in [1.54, 1.807) is 0 Å². The van der Waals surface area contributed by atoms with Crippen molar-refractivity contribution in [1.82, 2.24) is 5.32 Å². The Kier molecular flexibility index (Phi) is 4.29. The number of anilines is 1. The van der Waals surface area contributed by atoms with Crippen molar-refractivity contribution in [3.63, 3.8) is 0 Å². The van der Waals surface area contributed by atoms with Crippen LogP contribution in [0.15, 0.2) is 18.2 Å². The zero-order valence-corrected chi connectivity index (χ0v) is 10.4. The fraction of sp³-hybridized carbons (Fsp3) is 0.538. The van der Waals surface area contributed by atoms with Crippen LogP contribution in [0.25, 0.3) is 0 Å². The third kappa shape index (κ3) is 3.83. The number of rotatable bonds is 3. The summed E-state index contributed by atoms with van der Waals surface area (Å²) < 4.78 is 51.1. The maximum absolute atomic E-state index is 13.5. The van der Waals surface area contributed by atoms with E-state index < -0.39 is 17.6 Å². The molecule has 0 saturated carbocycles. The number of nitrogens with one attached hydrogen (secondary N) is 2. The monoisotopic (exact) mass is 276 g/mol. The van der Waals surface area contributed by atoms with Crippen molar-refractivity contribution >= 4 is 5.69 Å². The molecule has 6 heteroatoms. The quantitative estimate of drug-likeness (QED) is 0.827. The SMILES string of the molecule is Fc1ccc(C(F)(F)F)cc1NCC1CCCCN1. The molecule has 0 aromatic heterocycles. The highest BCUT2D eigenvalue weighted by Crippen LogP contribution is 2.31. The van der Waals surface area contributed by atoms with Crippen LogP contribution in [0.5, 0.6) is 0 Å². The summed E-state index contributed by atoms with van der Waals surface area (Å²) in [5.41, 5.74) is -0.935. The predicted octanol–water partition coefficient (Wildman–Crippen LogP) is 3.40. The lowest BCUT2D eigenvalue weighted by Gasteiger charge is -2.24. The summed E-state index contributed by atoms with van der Waals surface area (Å²) in [5, 5.41) is 6.00. The summed E-state index contributed by atoms with van der Waals surface area (Å²) in [4.78, 5) is 0. The van der Waals surface area contributed by atoms with E-state index in [2.05, 4.69) is 10.6 Å². The lowest BCUT2D eigenvalue weighted by Crippen LogP contribution is -2.39. The van der Waals surface area contributed by atoms with E-state index in [0.717, 1.165) is 44.0 Å². The van der Waals surface area contributed by atoms with Crippen LogP contribution in [0, 0.1) is 5.82 Å². The Labute approximate surface area is 109 Å². The van der Waals surface area contributed by atoms with E-state index in [9.17, 15) is 17.6 Å². The van der Waals surface area contributed by atoms with Gasteiger partial charge in [-0.25, -0.2) is 4.39 Å². The van der Waals surface area contributed by atoms with Gasteiger partial charge in [0.2, 0.25) is 0 Å². The van der Waals surface area contributed by atoms with Crippen molar-refractivity contribution in [2.45, 2.75) is 31.5 Å². The third-order valence-corrected chi connectivity index (χ3v) is 3.24. The first-order valence-corrected chi connectivity index (χ1v) is 6.31. The van der Waals surface area contributed by atoms with Gasteiger partial charge >= 0.3 is 6.18 Å². The van der Waals surface area contributed by atoms with Crippen LogP contribution >= 0.6 is 0 Å². The summed E-state index contributed by atoms with van der Waals surface area (Å²) in [6.07, 6.45) is -1.31. The van der Waals surface area contributed by atoms with Crippen molar-refractivity contribution in [3.05, 3.63) is 29.6 Å². The van der Waals surface area contributed by atoms with Crippen LogP contribution in [0.1, 0.15) is 24.8 Å². The van der Waals surface area contributed by atoms with Crippen molar-refractivity contribution in [2.75, 3.05) is 18.4 Å². The molecular formula is C13H16F4N2. The first kappa shape index (κ1) is 14.1. The van der Waals surface area contributed by atoms with Crippen molar-refractivity contribution in [3.8, 4) is 0 Å². The number of piperidine rings is 1. The topological polar surface area (TPSA) is 24.1 Å². The molecule has 1 heterocycles. The van der Waals surface area contributed by atoms with E-state index in [1.807, 2.05) is 0 Å². The summed E-state index contributed by atoms with van der Waals surface area (Å²) in [6, 6.07) is 2.60. The number of hydrogen-bond donors (Lipinski definition) is 2. The van der Waals surface area contributed by atoms with Gasteiger partial charge in [0.25, 0.3) is 0 Å². The molecule has 1 aromatic rings. The van der Waals surface area contributed by atoms with E-state index in [4.69, 9.17) is 0 Å². The van der Waals surface area contributed by atoms with Gasteiger partial charge in [0.05, 0.1) is 11.3 Å². The second-order valence-electron chi connectivity index (χ2n) is 4.72. The molecule has 1 aromatic carbocycles. The number of alkyl halides is 3. The Morgan fingerprint density at radius 3 is 2.68 bits per heavy atom. The average Bonchev–Trinajstić information content (AvgIpc) is 2.37. The number of halogens is 4. The van der Waals surface area contributed by atoms with Crippen LogP contribution < -0.4 is 10.6 Å². The summed E-state index contributed by atoms with van der Waals surface area (Å²) in [5.74, 6) is -0.663. The van der Waals surface area contributed by atoms with Crippen molar-refractivity contribution < 1.29 is 17.6 Å². The molecule has 1 fully saturated rings. The summed E-state index contributed by atoms with van der Waals surface area (Å²) in [7, 11) is 0. The first-order valence-electron chi connectivity index (χ1n) is 6.31. The molecule has 1 aliphatic rings. The molecule has 1 unspecified atom stereocenters. The van der Waals surface area contributed by atoms with Gasteiger partial charge in [0, 0.05) is 12.6 Å². The highest BCUT2D eigenvalue weighted by atomic mass is 19.4. The summed E-state index contributed by atoms with van der Waals surface area (Å²) >= 11 is 0. The Hall–Kier alpha value is -1.30. The molecule has 2 N–H and O–H groups in total. The van der Waals surface area contributed by atoms with Crippen LogP contribution in [0.3, 0.4) is 0 Å². The van der Waals surface area contributed by atoms with Gasteiger partial charge < -0.3 is 10.6 Å².